The second-order valence-corrected chi connectivity index (χ2v) is 7.82. The quantitative estimate of drug-likeness (QED) is 0.391. The van der Waals surface area contributed by atoms with E-state index in [0.29, 0.717) is 11.1 Å². The Morgan fingerprint density at radius 3 is 2.48 bits per heavy atom. The van der Waals surface area contributed by atoms with E-state index in [1.54, 1.807) is 24.5 Å². The number of anilines is 1. The number of halogens is 3. The van der Waals surface area contributed by atoms with Gasteiger partial charge in [-0.1, -0.05) is 24.0 Å². The van der Waals surface area contributed by atoms with Gasteiger partial charge in [-0.2, -0.15) is 13.2 Å². The van der Waals surface area contributed by atoms with E-state index < -0.39 is 17.6 Å². The summed E-state index contributed by atoms with van der Waals surface area (Å²) in [7, 11) is 1.92. The third kappa shape index (κ3) is 4.75. The van der Waals surface area contributed by atoms with Crippen LogP contribution in [0.2, 0.25) is 0 Å². The molecular formula is C26H20F3N3O. The molecule has 3 aromatic carbocycles. The van der Waals surface area contributed by atoms with Crippen LogP contribution in [-0.2, 0) is 13.2 Å². The van der Waals surface area contributed by atoms with Crippen LogP contribution in [0.15, 0.2) is 60.9 Å². The van der Waals surface area contributed by atoms with Crippen molar-refractivity contribution >= 4 is 22.6 Å². The normalized spacial score (nSPS) is 11.2. The summed E-state index contributed by atoms with van der Waals surface area (Å²) in [6, 6.07) is 14.5. The number of hydrogen-bond acceptors (Lipinski definition) is 2. The molecule has 0 bridgehead atoms. The highest BCUT2D eigenvalue weighted by atomic mass is 19.4. The summed E-state index contributed by atoms with van der Waals surface area (Å²) in [5.41, 5.74) is 3.86. The van der Waals surface area contributed by atoms with Gasteiger partial charge >= 0.3 is 6.18 Å². The maximum Gasteiger partial charge on any atom is 0.416 e. The van der Waals surface area contributed by atoms with E-state index in [2.05, 4.69) is 22.1 Å². The zero-order valence-electron chi connectivity index (χ0n) is 18.2. The highest BCUT2D eigenvalue weighted by molar-refractivity contribution is 6.04. The topological polar surface area (TPSA) is 46.9 Å². The molecule has 1 heterocycles. The third-order valence-electron chi connectivity index (χ3n) is 5.37. The van der Waals surface area contributed by atoms with Gasteiger partial charge in [-0.15, -0.1) is 0 Å². The Kier molecular flexibility index (Phi) is 5.69. The molecule has 0 fully saturated rings. The fourth-order valence-electron chi connectivity index (χ4n) is 3.46. The van der Waals surface area contributed by atoms with Crippen molar-refractivity contribution in [1.29, 1.82) is 0 Å². The minimum absolute atomic E-state index is 0.0785. The smallest absolute Gasteiger partial charge is 0.334 e. The molecule has 1 amide bonds. The van der Waals surface area contributed by atoms with Crippen LogP contribution in [0.3, 0.4) is 0 Å². The lowest BCUT2D eigenvalue weighted by atomic mass is 10.0. The fourth-order valence-corrected chi connectivity index (χ4v) is 3.46. The standard InChI is InChI=1S/C26H20F3N3O/c1-16-4-8-20(25(33)31-21-10-5-17(2)22(14-21)26(27,28)29)13-19(16)9-6-18-7-11-24-23(12-18)30-15-32(24)3/h4-5,7-8,10-15H,1-3H3,(H,31,33). The maximum absolute atomic E-state index is 13.2. The lowest BCUT2D eigenvalue weighted by Gasteiger charge is -2.13. The van der Waals surface area contributed by atoms with Crippen molar-refractivity contribution in [2.75, 3.05) is 5.32 Å². The van der Waals surface area contributed by atoms with Crippen LogP contribution in [0, 0.1) is 25.7 Å². The summed E-state index contributed by atoms with van der Waals surface area (Å²) in [4.78, 5) is 17.0. The summed E-state index contributed by atoms with van der Waals surface area (Å²) in [5, 5.41) is 2.54. The van der Waals surface area contributed by atoms with E-state index in [1.807, 2.05) is 36.7 Å². The predicted molar refractivity (Wildman–Crippen MR) is 122 cm³/mol. The van der Waals surface area contributed by atoms with Gasteiger partial charge in [0.25, 0.3) is 5.91 Å². The summed E-state index contributed by atoms with van der Waals surface area (Å²) < 4.78 is 41.4. The number of nitrogens with zero attached hydrogens (tertiary/aromatic N) is 2. The fraction of sp³-hybridized carbons (Fsp3) is 0.154. The van der Waals surface area contributed by atoms with Crippen LogP contribution in [-0.4, -0.2) is 15.5 Å². The Bertz CT molecular complexity index is 1440. The molecule has 0 spiro atoms. The molecular weight excluding hydrogens is 427 g/mol. The van der Waals surface area contributed by atoms with Crippen LogP contribution in [0.5, 0.6) is 0 Å². The molecule has 0 aliphatic carbocycles. The van der Waals surface area contributed by atoms with Crippen molar-refractivity contribution in [1.82, 2.24) is 9.55 Å². The molecule has 0 aliphatic rings. The van der Waals surface area contributed by atoms with E-state index in [9.17, 15) is 18.0 Å². The SMILES string of the molecule is Cc1ccc(C(=O)Nc2ccc(C)c(C(F)(F)F)c2)cc1C#Cc1ccc2c(c1)ncn2C. The molecule has 0 radical (unpaired) electrons. The highest BCUT2D eigenvalue weighted by Gasteiger charge is 2.32. The molecule has 1 N–H and O–H groups in total. The van der Waals surface area contributed by atoms with Crippen molar-refractivity contribution in [2.24, 2.45) is 7.05 Å². The zero-order valence-corrected chi connectivity index (χ0v) is 18.2. The number of benzene rings is 3. The minimum atomic E-state index is -4.49. The van der Waals surface area contributed by atoms with Gasteiger partial charge in [0, 0.05) is 29.4 Å². The Morgan fingerprint density at radius 1 is 0.970 bits per heavy atom. The van der Waals surface area contributed by atoms with Crippen molar-refractivity contribution in [2.45, 2.75) is 20.0 Å². The third-order valence-corrected chi connectivity index (χ3v) is 5.37. The van der Waals surface area contributed by atoms with E-state index in [-0.39, 0.29) is 11.3 Å². The number of hydrogen-bond donors (Lipinski definition) is 1. The second-order valence-electron chi connectivity index (χ2n) is 7.82. The second kappa shape index (κ2) is 8.47. The number of aromatic nitrogens is 2. The molecule has 0 saturated heterocycles. The summed E-state index contributed by atoms with van der Waals surface area (Å²) in [6.45, 7) is 3.26. The molecule has 0 saturated carbocycles. The van der Waals surface area contributed by atoms with Crippen molar-refractivity contribution < 1.29 is 18.0 Å². The lowest BCUT2D eigenvalue weighted by molar-refractivity contribution is -0.138. The van der Waals surface area contributed by atoms with E-state index >= 15 is 0 Å². The molecule has 1 aromatic heterocycles. The highest BCUT2D eigenvalue weighted by Crippen LogP contribution is 2.33. The van der Waals surface area contributed by atoms with Gasteiger partial charge < -0.3 is 9.88 Å². The average molecular weight is 447 g/mol. The zero-order chi connectivity index (χ0) is 23.8. The van der Waals surface area contributed by atoms with E-state index in [1.165, 1.54) is 19.1 Å². The van der Waals surface area contributed by atoms with Gasteiger partial charge in [-0.05, 0) is 67.4 Å². The first-order valence-corrected chi connectivity index (χ1v) is 10.1. The van der Waals surface area contributed by atoms with Crippen LogP contribution < -0.4 is 5.32 Å². The maximum atomic E-state index is 13.2. The number of aryl methyl sites for hydroxylation is 3. The lowest BCUT2D eigenvalue weighted by Crippen LogP contribution is -2.14. The summed E-state index contributed by atoms with van der Waals surface area (Å²) >= 11 is 0. The number of amides is 1. The Balaban J connectivity index is 1.58. The molecule has 166 valence electrons. The number of imidazole rings is 1. The van der Waals surface area contributed by atoms with E-state index in [4.69, 9.17) is 0 Å². The molecule has 33 heavy (non-hydrogen) atoms. The van der Waals surface area contributed by atoms with Gasteiger partial charge in [0.1, 0.15) is 0 Å². The van der Waals surface area contributed by atoms with Crippen molar-refractivity contribution in [3.05, 3.63) is 94.3 Å². The molecule has 0 atom stereocenters. The first kappa shape index (κ1) is 22.2. The molecule has 4 nitrogen and oxygen atoms in total. The van der Waals surface area contributed by atoms with Gasteiger partial charge in [0.2, 0.25) is 0 Å². The number of carbonyl (C=O) groups excluding carboxylic acids is 1. The van der Waals surface area contributed by atoms with Crippen LogP contribution in [0.1, 0.15) is 38.2 Å². The molecule has 4 rings (SSSR count). The predicted octanol–water partition coefficient (Wildman–Crippen LogP) is 5.86. The monoisotopic (exact) mass is 447 g/mol. The van der Waals surface area contributed by atoms with Crippen LogP contribution >= 0.6 is 0 Å². The molecule has 0 aliphatic heterocycles. The largest absolute Gasteiger partial charge is 0.416 e. The van der Waals surface area contributed by atoms with Gasteiger partial charge in [0.05, 0.1) is 22.9 Å². The minimum Gasteiger partial charge on any atom is -0.334 e. The summed E-state index contributed by atoms with van der Waals surface area (Å²) in [5.74, 6) is 5.67. The van der Waals surface area contributed by atoms with E-state index in [0.717, 1.165) is 28.2 Å². The number of nitrogens with one attached hydrogen (secondary N) is 1. The number of rotatable bonds is 2. The number of fused-ring (bicyclic) bond motifs is 1. The number of alkyl halides is 3. The molecule has 4 aromatic rings. The van der Waals surface area contributed by atoms with Crippen LogP contribution in [0.25, 0.3) is 11.0 Å². The Morgan fingerprint density at radius 2 is 1.73 bits per heavy atom. The van der Waals surface area contributed by atoms with Gasteiger partial charge in [0.15, 0.2) is 0 Å². The van der Waals surface area contributed by atoms with Crippen molar-refractivity contribution in [3.63, 3.8) is 0 Å². The summed E-state index contributed by atoms with van der Waals surface area (Å²) in [6.07, 6.45) is -2.75. The molecule has 7 heteroatoms. The Labute approximate surface area is 189 Å². The van der Waals surface area contributed by atoms with Gasteiger partial charge in [-0.25, -0.2) is 4.98 Å². The number of carbonyl (C=O) groups is 1. The van der Waals surface area contributed by atoms with Gasteiger partial charge in [-0.3, -0.25) is 4.79 Å². The average Bonchev–Trinajstić information content (AvgIpc) is 3.13. The molecule has 0 unspecified atom stereocenters. The van der Waals surface area contributed by atoms with Crippen LogP contribution in [0.4, 0.5) is 18.9 Å². The first-order chi connectivity index (χ1) is 15.6. The van der Waals surface area contributed by atoms with Crippen molar-refractivity contribution in [3.8, 4) is 11.8 Å². The Hall–Kier alpha value is -4.05. The first-order valence-electron chi connectivity index (χ1n) is 10.1.